The second-order valence-corrected chi connectivity index (χ2v) is 8.12. The van der Waals surface area contributed by atoms with Crippen LogP contribution in [0.1, 0.15) is 41.5 Å². The molecule has 0 bridgehead atoms. The number of halogens is 1. The SMILES string of the molecule is CC(C)OCCCN1C(=O)C(O)=C(C(=O)c2cccs2)[C@@H]1c1ccccc1Cl. The summed E-state index contributed by atoms with van der Waals surface area (Å²) >= 11 is 7.66. The summed E-state index contributed by atoms with van der Waals surface area (Å²) in [5.74, 6) is -1.42. The van der Waals surface area contributed by atoms with Crippen molar-refractivity contribution in [2.45, 2.75) is 32.4 Å². The molecule has 7 heteroatoms. The van der Waals surface area contributed by atoms with Crippen LogP contribution >= 0.6 is 22.9 Å². The molecule has 1 atom stereocenters. The normalized spacial score (nSPS) is 17.1. The van der Waals surface area contributed by atoms with Crippen LogP contribution in [0.15, 0.2) is 53.1 Å². The molecule has 148 valence electrons. The van der Waals surface area contributed by atoms with Crippen LogP contribution in [0.25, 0.3) is 0 Å². The number of amides is 1. The highest BCUT2D eigenvalue weighted by molar-refractivity contribution is 7.12. The molecule has 0 spiro atoms. The average molecular weight is 420 g/mol. The van der Waals surface area contributed by atoms with Crippen LogP contribution in [0.3, 0.4) is 0 Å². The summed E-state index contributed by atoms with van der Waals surface area (Å²) in [6.45, 7) is 4.70. The summed E-state index contributed by atoms with van der Waals surface area (Å²) in [5, 5.41) is 12.8. The summed E-state index contributed by atoms with van der Waals surface area (Å²) in [5.41, 5.74) is 0.691. The zero-order valence-corrected chi connectivity index (χ0v) is 17.3. The number of ketones is 1. The predicted molar refractivity (Wildman–Crippen MR) is 110 cm³/mol. The molecule has 0 radical (unpaired) electrons. The maximum Gasteiger partial charge on any atom is 0.290 e. The molecule has 0 saturated heterocycles. The van der Waals surface area contributed by atoms with Gasteiger partial charge in [-0.1, -0.05) is 35.9 Å². The summed E-state index contributed by atoms with van der Waals surface area (Å²) in [4.78, 5) is 27.8. The van der Waals surface area contributed by atoms with Gasteiger partial charge in [-0.3, -0.25) is 9.59 Å². The van der Waals surface area contributed by atoms with E-state index in [0.29, 0.717) is 35.0 Å². The Morgan fingerprint density at radius 3 is 2.68 bits per heavy atom. The third-order valence-corrected chi connectivity index (χ3v) is 5.70. The zero-order valence-electron chi connectivity index (χ0n) is 15.7. The molecule has 1 aromatic heterocycles. The summed E-state index contributed by atoms with van der Waals surface area (Å²) < 4.78 is 5.56. The Kier molecular flexibility index (Phi) is 6.54. The van der Waals surface area contributed by atoms with Gasteiger partial charge in [0.15, 0.2) is 5.76 Å². The van der Waals surface area contributed by atoms with Crippen LogP contribution in [0, 0.1) is 0 Å². The van der Waals surface area contributed by atoms with E-state index in [0.717, 1.165) is 0 Å². The van der Waals surface area contributed by atoms with Gasteiger partial charge in [0.05, 0.1) is 22.6 Å². The third-order valence-electron chi connectivity index (χ3n) is 4.49. The molecule has 1 aliphatic heterocycles. The molecule has 5 nitrogen and oxygen atoms in total. The van der Waals surface area contributed by atoms with E-state index in [1.807, 2.05) is 13.8 Å². The van der Waals surface area contributed by atoms with Gasteiger partial charge in [-0.15, -0.1) is 11.3 Å². The van der Waals surface area contributed by atoms with E-state index < -0.39 is 17.7 Å². The summed E-state index contributed by atoms with van der Waals surface area (Å²) in [7, 11) is 0. The number of carbonyl (C=O) groups excluding carboxylic acids is 2. The number of nitrogens with zero attached hydrogens (tertiary/aromatic N) is 1. The lowest BCUT2D eigenvalue weighted by atomic mass is 9.95. The molecule has 28 heavy (non-hydrogen) atoms. The minimum absolute atomic E-state index is 0.0744. The lowest BCUT2D eigenvalue weighted by Crippen LogP contribution is -2.33. The minimum atomic E-state index is -0.727. The minimum Gasteiger partial charge on any atom is -0.503 e. The number of aliphatic hydroxyl groups is 1. The molecule has 1 aliphatic rings. The van der Waals surface area contributed by atoms with Crippen molar-refractivity contribution in [3.8, 4) is 0 Å². The molecule has 0 fully saturated rings. The molecule has 3 rings (SSSR count). The predicted octanol–water partition coefficient (Wildman–Crippen LogP) is 4.79. The molecule has 2 heterocycles. The number of rotatable bonds is 8. The van der Waals surface area contributed by atoms with Gasteiger partial charge < -0.3 is 14.7 Å². The number of Topliss-reactive ketones (excluding diaryl/α,β-unsaturated/α-hetero) is 1. The molecule has 1 aromatic carbocycles. The Morgan fingerprint density at radius 2 is 2.04 bits per heavy atom. The first-order chi connectivity index (χ1) is 13.4. The topological polar surface area (TPSA) is 66.8 Å². The first kappa shape index (κ1) is 20.6. The van der Waals surface area contributed by atoms with Gasteiger partial charge in [-0.25, -0.2) is 0 Å². The Balaban J connectivity index is 1.96. The van der Waals surface area contributed by atoms with Gasteiger partial charge >= 0.3 is 0 Å². The van der Waals surface area contributed by atoms with Gasteiger partial charge in [0.2, 0.25) is 5.78 Å². The third kappa shape index (κ3) is 4.14. The number of aliphatic hydroxyl groups excluding tert-OH is 1. The van der Waals surface area contributed by atoms with E-state index in [9.17, 15) is 14.7 Å². The van der Waals surface area contributed by atoms with Gasteiger partial charge in [0, 0.05) is 18.2 Å². The van der Waals surface area contributed by atoms with Gasteiger partial charge in [0.1, 0.15) is 0 Å². The number of ether oxygens (including phenoxy) is 1. The molecule has 0 aliphatic carbocycles. The van der Waals surface area contributed by atoms with Crippen molar-refractivity contribution < 1.29 is 19.4 Å². The highest BCUT2D eigenvalue weighted by Crippen LogP contribution is 2.41. The molecule has 0 unspecified atom stereocenters. The van der Waals surface area contributed by atoms with Crippen LogP contribution in [0.2, 0.25) is 5.02 Å². The molecule has 1 amide bonds. The van der Waals surface area contributed by atoms with Gasteiger partial charge in [-0.05, 0) is 43.3 Å². The Morgan fingerprint density at radius 1 is 1.29 bits per heavy atom. The highest BCUT2D eigenvalue weighted by atomic mass is 35.5. The zero-order chi connectivity index (χ0) is 20.3. The van der Waals surface area contributed by atoms with E-state index in [1.165, 1.54) is 16.2 Å². The van der Waals surface area contributed by atoms with Crippen LogP contribution in [-0.4, -0.2) is 41.0 Å². The van der Waals surface area contributed by atoms with Crippen molar-refractivity contribution in [2.24, 2.45) is 0 Å². The van der Waals surface area contributed by atoms with E-state index >= 15 is 0 Å². The molecule has 2 aromatic rings. The second kappa shape index (κ2) is 8.90. The smallest absolute Gasteiger partial charge is 0.290 e. The lowest BCUT2D eigenvalue weighted by Gasteiger charge is -2.27. The fraction of sp³-hybridized carbons (Fsp3) is 0.333. The first-order valence-corrected chi connectivity index (χ1v) is 10.4. The van der Waals surface area contributed by atoms with Crippen LogP contribution in [0.4, 0.5) is 0 Å². The summed E-state index contributed by atoms with van der Waals surface area (Å²) in [6.07, 6.45) is 0.676. The monoisotopic (exact) mass is 419 g/mol. The number of hydrogen-bond donors (Lipinski definition) is 1. The Hall–Kier alpha value is -2.15. The standard InChI is InChI=1S/C21H22ClNO4S/c1-13(2)27-11-6-10-23-18(14-7-3-4-8-15(14)22)17(20(25)21(23)26)19(24)16-9-5-12-28-16/h3-5,7-9,12-13,18,25H,6,10-11H2,1-2H3/t18-/m0/s1. The first-order valence-electron chi connectivity index (χ1n) is 9.10. The number of thiophene rings is 1. The fourth-order valence-corrected chi connectivity index (χ4v) is 4.15. The number of benzene rings is 1. The maximum atomic E-state index is 13.1. The molecule has 0 saturated carbocycles. The van der Waals surface area contributed by atoms with Crippen molar-refractivity contribution in [1.82, 2.24) is 4.90 Å². The van der Waals surface area contributed by atoms with E-state index in [4.69, 9.17) is 16.3 Å². The number of hydrogen-bond acceptors (Lipinski definition) is 5. The van der Waals surface area contributed by atoms with Crippen molar-refractivity contribution in [2.75, 3.05) is 13.2 Å². The largest absolute Gasteiger partial charge is 0.503 e. The number of carbonyl (C=O) groups is 2. The van der Waals surface area contributed by atoms with Crippen molar-refractivity contribution in [3.63, 3.8) is 0 Å². The average Bonchev–Trinajstić information content (AvgIpc) is 3.28. The lowest BCUT2D eigenvalue weighted by molar-refractivity contribution is -0.129. The van der Waals surface area contributed by atoms with Crippen molar-refractivity contribution >= 4 is 34.6 Å². The van der Waals surface area contributed by atoms with Crippen molar-refractivity contribution in [3.05, 3.63) is 68.6 Å². The highest BCUT2D eigenvalue weighted by Gasteiger charge is 2.44. The van der Waals surface area contributed by atoms with E-state index in [-0.39, 0.29) is 17.5 Å². The summed E-state index contributed by atoms with van der Waals surface area (Å²) in [6, 6.07) is 9.79. The Labute approximate surface area is 173 Å². The molecule has 1 N–H and O–H groups in total. The van der Waals surface area contributed by atoms with E-state index in [2.05, 4.69) is 0 Å². The molecular weight excluding hydrogens is 398 g/mol. The van der Waals surface area contributed by atoms with E-state index in [1.54, 1.807) is 41.8 Å². The van der Waals surface area contributed by atoms with Crippen molar-refractivity contribution in [1.29, 1.82) is 0 Å². The van der Waals surface area contributed by atoms with Crippen LogP contribution in [0.5, 0.6) is 0 Å². The second-order valence-electron chi connectivity index (χ2n) is 6.76. The fourth-order valence-electron chi connectivity index (χ4n) is 3.23. The van der Waals surface area contributed by atoms with Gasteiger partial charge in [0.25, 0.3) is 5.91 Å². The maximum absolute atomic E-state index is 13.1. The van der Waals surface area contributed by atoms with Crippen LogP contribution < -0.4 is 0 Å². The molecular formula is C21H22ClNO4S. The Bertz CT molecular complexity index is 892. The quantitative estimate of drug-likeness (QED) is 0.493. The van der Waals surface area contributed by atoms with Crippen LogP contribution in [-0.2, 0) is 9.53 Å². The van der Waals surface area contributed by atoms with Gasteiger partial charge in [-0.2, -0.15) is 0 Å².